The summed E-state index contributed by atoms with van der Waals surface area (Å²) >= 11 is 0. The first-order valence-corrected chi connectivity index (χ1v) is 6.55. The van der Waals surface area contributed by atoms with Crippen molar-refractivity contribution in [3.63, 3.8) is 0 Å². The maximum absolute atomic E-state index is 5.56. The van der Waals surface area contributed by atoms with E-state index in [1.807, 2.05) is 0 Å². The smallest absolute Gasteiger partial charge is 0.170 e. The Labute approximate surface area is 107 Å². The van der Waals surface area contributed by atoms with Crippen molar-refractivity contribution >= 4 is 0 Å². The van der Waals surface area contributed by atoms with Gasteiger partial charge in [0.05, 0.1) is 0 Å². The first-order valence-electron chi connectivity index (χ1n) is 6.55. The number of aryl methyl sites for hydroxylation is 1. The first-order chi connectivity index (χ1) is 8.75. The molecule has 3 nitrogen and oxygen atoms in total. The number of nitrogens with one attached hydrogen (secondary N) is 1. The van der Waals surface area contributed by atoms with Gasteiger partial charge in [-0.3, -0.25) is 0 Å². The second-order valence-electron chi connectivity index (χ2n) is 5.13. The van der Waals surface area contributed by atoms with E-state index in [-0.39, 0.29) is 0 Å². The van der Waals surface area contributed by atoms with Crippen LogP contribution in [0.2, 0.25) is 0 Å². The molecule has 94 valence electrons. The highest BCUT2D eigenvalue weighted by Gasteiger charge is 2.23. The SMILES string of the molecule is CC(C)NCc1noc2c1CCc1ccccc1-2. The van der Waals surface area contributed by atoms with Gasteiger partial charge in [0.2, 0.25) is 0 Å². The van der Waals surface area contributed by atoms with Crippen molar-refractivity contribution < 1.29 is 4.52 Å². The Morgan fingerprint density at radius 3 is 2.94 bits per heavy atom. The number of rotatable bonds is 3. The zero-order valence-electron chi connectivity index (χ0n) is 10.9. The number of fused-ring (bicyclic) bond motifs is 3. The highest BCUT2D eigenvalue weighted by Crippen LogP contribution is 2.34. The van der Waals surface area contributed by atoms with E-state index in [1.54, 1.807) is 0 Å². The fourth-order valence-corrected chi connectivity index (χ4v) is 2.47. The second-order valence-corrected chi connectivity index (χ2v) is 5.13. The molecule has 0 fully saturated rings. The Hall–Kier alpha value is -1.61. The van der Waals surface area contributed by atoms with Gasteiger partial charge in [-0.15, -0.1) is 0 Å². The molecule has 0 spiro atoms. The molecule has 1 N–H and O–H groups in total. The Kier molecular flexibility index (Phi) is 2.92. The summed E-state index contributed by atoms with van der Waals surface area (Å²) < 4.78 is 5.56. The lowest BCUT2D eigenvalue weighted by atomic mass is 9.89. The summed E-state index contributed by atoms with van der Waals surface area (Å²) in [5.41, 5.74) is 4.92. The highest BCUT2D eigenvalue weighted by molar-refractivity contribution is 5.68. The zero-order chi connectivity index (χ0) is 12.5. The normalized spacial score (nSPS) is 13.5. The van der Waals surface area contributed by atoms with Crippen molar-refractivity contribution in [2.24, 2.45) is 0 Å². The van der Waals surface area contributed by atoms with Crippen LogP contribution >= 0.6 is 0 Å². The molecule has 0 bridgehead atoms. The monoisotopic (exact) mass is 242 g/mol. The third-order valence-electron chi connectivity index (χ3n) is 3.45. The molecule has 0 radical (unpaired) electrons. The number of benzene rings is 1. The lowest BCUT2D eigenvalue weighted by Crippen LogP contribution is -2.22. The van der Waals surface area contributed by atoms with Gasteiger partial charge < -0.3 is 9.84 Å². The number of hydrogen-bond donors (Lipinski definition) is 1. The molecular weight excluding hydrogens is 224 g/mol. The van der Waals surface area contributed by atoms with Crippen molar-refractivity contribution in [3.8, 4) is 11.3 Å². The van der Waals surface area contributed by atoms with Crippen molar-refractivity contribution in [3.05, 3.63) is 41.1 Å². The van der Waals surface area contributed by atoms with E-state index in [9.17, 15) is 0 Å². The van der Waals surface area contributed by atoms with E-state index < -0.39 is 0 Å². The van der Waals surface area contributed by atoms with Gasteiger partial charge in [-0.25, -0.2) is 0 Å². The minimum atomic E-state index is 0.466. The minimum absolute atomic E-state index is 0.466. The maximum Gasteiger partial charge on any atom is 0.170 e. The molecule has 0 saturated heterocycles. The molecule has 1 aromatic carbocycles. The van der Waals surface area contributed by atoms with Crippen LogP contribution in [-0.2, 0) is 19.4 Å². The zero-order valence-corrected chi connectivity index (χ0v) is 10.9. The molecule has 0 saturated carbocycles. The first kappa shape index (κ1) is 11.5. The van der Waals surface area contributed by atoms with Gasteiger partial charge in [0.15, 0.2) is 5.76 Å². The highest BCUT2D eigenvalue weighted by atomic mass is 16.5. The summed E-state index contributed by atoms with van der Waals surface area (Å²) in [6, 6.07) is 8.91. The third kappa shape index (κ3) is 1.95. The topological polar surface area (TPSA) is 38.1 Å². The van der Waals surface area contributed by atoms with Gasteiger partial charge in [0.1, 0.15) is 5.69 Å². The Balaban J connectivity index is 1.94. The summed E-state index contributed by atoms with van der Waals surface area (Å²) in [7, 11) is 0. The largest absolute Gasteiger partial charge is 0.356 e. The average molecular weight is 242 g/mol. The summed E-state index contributed by atoms with van der Waals surface area (Å²) in [6.07, 6.45) is 2.12. The Morgan fingerprint density at radius 2 is 2.11 bits per heavy atom. The quantitative estimate of drug-likeness (QED) is 0.899. The fourth-order valence-electron chi connectivity index (χ4n) is 2.47. The van der Waals surface area contributed by atoms with E-state index in [1.165, 1.54) is 16.7 Å². The summed E-state index contributed by atoms with van der Waals surface area (Å²) in [4.78, 5) is 0. The molecule has 0 amide bonds. The molecule has 1 heterocycles. The minimum Gasteiger partial charge on any atom is -0.356 e. The molecule has 1 aliphatic rings. The summed E-state index contributed by atoms with van der Waals surface area (Å²) in [5, 5.41) is 7.63. The van der Waals surface area contributed by atoms with E-state index >= 15 is 0 Å². The summed E-state index contributed by atoms with van der Waals surface area (Å²) in [6.45, 7) is 5.07. The van der Waals surface area contributed by atoms with Crippen LogP contribution < -0.4 is 5.32 Å². The third-order valence-corrected chi connectivity index (χ3v) is 3.45. The van der Waals surface area contributed by atoms with Crippen molar-refractivity contribution in [1.29, 1.82) is 0 Å². The van der Waals surface area contributed by atoms with E-state index in [2.05, 4.69) is 48.6 Å². The van der Waals surface area contributed by atoms with Gasteiger partial charge in [0.25, 0.3) is 0 Å². The average Bonchev–Trinajstić information content (AvgIpc) is 2.80. The van der Waals surface area contributed by atoms with Crippen molar-refractivity contribution in [2.45, 2.75) is 39.3 Å². The fraction of sp³-hybridized carbons (Fsp3) is 0.400. The lowest BCUT2D eigenvalue weighted by molar-refractivity contribution is 0.417. The molecule has 3 heteroatoms. The van der Waals surface area contributed by atoms with Crippen LogP contribution in [0.25, 0.3) is 11.3 Å². The van der Waals surface area contributed by atoms with Gasteiger partial charge in [-0.1, -0.05) is 43.3 Å². The Morgan fingerprint density at radius 1 is 1.28 bits per heavy atom. The van der Waals surface area contributed by atoms with Gasteiger partial charge in [-0.05, 0) is 18.4 Å². The number of hydrogen-bond acceptors (Lipinski definition) is 3. The van der Waals surface area contributed by atoms with Gasteiger partial charge in [0, 0.05) is 23.7 Å². The predicted molar refractivity (Wildman–Crippen MR) is 71.3 cm³/mol. The molecule has 0 aliphatic heterocycles. The standard InChI is InChI=1S/C15H18N2O/c1-10(2)16-9-14-13-8-7-11-5-3-4-6-12(11)15(13)18-17-14/h3-6,10,16H,7-9H2,1-2H3. The van der Waals surface area contributed by atoms with Crippen LogP contribution in [0.5, 0.6) is 0 Å². The number of nitrogens with zero attached hydrogens (tertiary/aromatic N) is 1. The van der Waals surface area contributed by atoms with E-state index in [0.717, 1.165) is 30.8 Å². The maximum atomic E-state index is 5.56. The lowest BCUT2D eigenvalue weighted by Gasteiger charge is -2.14. The molecule has 1 aliphatic carbocycles. The van der Waals surface area contributed by atoms with Crippen LogP contribution in [0.1, 0.15) is 30.7 Å². The van der Waals surface area contributed by atoms with Crippen molar-refractivity contribution in [1.82, 2.24) is 10.5 Å². The number of aromatic nitrogens is 1. The van der Waals surface area contributed by atoms with Crippen LogP contribution in [0, 0.1) is 0 Å². The van der Waals surface area contributed by atoms with Crippen LogP contribution in [0.15, 0.2) is 28.8 Å². The van der Waals surface area contributed by atoms with Crippen molar-refractivity contribution in [2.75, 3.05) is 0 Å². The van der Waals surface area contributed by atoms with Crippen LogP contribution in [0.4, 0.5) is 0 Å². The molecule has 0 unspecified atom stereocenters. The van der Waals surface area contributed by atoms with E-state index in [4.69, 9.17) is 4.52 Å². The molecule has 2 aromatic rings. The van der Waals surface area contributed by atoms with Crippen LogP contribution in [0.3, 0.4) is 0 Å². The molecular formula is C15H18N2O. The Bertz CT molecular complexity index is 557. The molecule has 0 atom stereocenters. The van der Waals surface area contributed by atoms with E-state index in [0.29, 0.717) is 6.04 Å². The second kappa shape index (κ2) is 4.58. The van der Waals surface area contributed by atoms with Gasteiger partial charge in [-0.2, -0.15) is 0 Å². The van der Waals surface area contributed by atoms with Crippen LogP contribution in [-0.4, -0.2) is 11.2 Å². The molecule has 3 rings (SSSR count). The molecule has 18 heavy (non-hydrogen) atoms. The molecule has 1 aromatic heterocycles. The predicted octanol–water partition coefficient (Wildman–Crippen LogP) is 2.94. The van der Waals surface area contributed by atoms with Gasteiger partial charge >= 0.3 is 0 Å². The summed E-state index contributed by atoms with van der Waals surface area (Å²) in [5.74, 6) is 0.970.